The molecular weight excluding hydrogens is 232 g/mol. The molecule has 0 aliphatic carbocycles. The summed E-state index contributed by atoms with van der Waals surface area (Å²) in [5.74, 6) is -3.53. The minimum absolute atomic E-state index is 0.558. The van der Waals surface area contributed by atoms with Crippen molar-refractivity contribution >= 4 is 43.2 Å². The highest BCUT2D eigenvalue weighted by Crippen LogP contribution is 1.96. The Balaban J connectivity index is 0. The summed E-state index contributed by atoms with van der Waals surface area (Å²) in [5.41, 5.74) is 0. The van der Waals surface area contributed by atoms with Gasteiger partial charge in [0, 0.05) is 12.2 Å². The van der Waals surface area contributed by atoms with Gasteiger partial charge in [-0.3, -0.25) is 4.79 Å². The molecule has 0 heterocycles. The first-order valence-electron chi connectivity index (χ1n) is 3.00. The van der Waals surface area contributed by atoms with Crippen molar-refractivity contribution in [2.45, 2.75) is 4.58 Å². The van der Waals surface area contributed by atoms with Crippen molar-refractivity contribution in [1.82, 2.24) is 0 Å². The molecule has 3 N–H and O–H groups in total. The van der Waals surface area contributed by atoms with Crippen molar-refractivity contribution in [2.24, 2.45) is 0 Å². The van der Waals surface area contributed by atoms with Crippen LogP contribution < -0.4 is 0 Å². The Kier molecular flexibility index (Phi) is 9.25. The molecule has 14 heavy (non-hydrogen) atoms. The SMILES string of the molecule is O=C(O)/C=C\C(=O)O.O=C(O)C(S)S. The quantitative estimate of drug-likeness (QED) is 0.269. The lowest BCUT2D eigenvalue weighted by atomic mass is 10.5. The van der Waals surface area contributed by atoms with Gasteiger partial charge in [-0.05, 0) is 0 Å². The van der Waals surface area contributed by atoms with E-state index in [1.54, 1.807) is 0 Å². The first kappa shape index (κ1) is 15.3. The number of rotatable bonds is 3. The number of carbonyl (C=O) groups is 3. The first-order valence-corrected chi connectivity index (χ1v) is 4.03. The van der Waals surface area contributed by atoms with E-state index in [1.165, 1.54) is 0 Å². The van der Waals surface area contributed by atoms with Crippen LogP contribution in [-0.4, -0.2) is 37.8 Å². The Hall–Kier alpha value is -1.15. The van der Waals surface area contributed by atoms with Gasteiger partial charge < -0.3 is 15.3 Å². The summed E-state index contributed by atoms with van der Waals surface area (Å²) < 4.78 is -0.843. The molecule has 80 valence electrons. The monoisotopic (exact) mass is 240 g/mol. The van der Waals surface area contributed by atoms with Crippen molar-refractivity contribution in [3.8, 4) is 0 Å². The molecule has 0 fully saturated rings. The molecule has 0 bridgehead atoms. The Labute approximate surface area is 90.1 Å². The second-order valence-electron chi connectivity index (χ2n) is 1.72. The Bertz CT molecular complexity index is 231. The predicted molar refractivity (Wildman–Crippen MR) is 53.8 cm³/mol. The third-order valence-electron chi connectivity index (χ3n) is 0.589. The van der Waals surface area contributed by atoms with E-state index in [2.05, 4.69) is 25.3 Å². The normalized spacial score (nSPS) is 9.36. The highest BCUT2D eigenvalue weighted by Gasteiger charge is 2.01. The maximum absolute atomic E-state index is 9.55. The zero-order chi connectivity index (χ0) is 11.7. The topological polar surface area (TPSA) is 112 Å². The molecule has 0 radical (unpaired) electrons. The molecule has 0 atom stereocenters. The summed E-state index contributed by atoms with van der Waals surface area (Å²) in [6.45, 7) is 0. The van der Waals surface area contributed by atoms with Gasteiger partial charge in [-0.2, -0.15) is 25.3 Å². The van der Waals surface area contributed by atoms with E-state index in [9.17, 15) is 14.4 Å². The second-order valence-corrected chi connectivity index (χ2v) is 3.16. The standard InChI is InChI=1S/C4H4O4.C2H4O2S2/c5-3(6)1-2-4(7)8;3-1(4)2(5)6/h1-2H,(H,5,6)(H,7,8);2,5-6H,(H,3,4)/b2-1-;. The smallest absolute Gasteiger partial charge is 0.328 e. The van der Waals surface area contributed by atoms with E-state index in [0.717, 1.165) is 0 Å². The number of carboxylic acid groups (broad SMARTS) is 3. The summed E-state index contributed by atoms with van der Waals surface area (Å²) in [6, 6.07) is 0. The molecule has 0 amide bonds. The average molecular weight is 240 g/mol. The van der Waals surface area contributed by atoms with Crippen LogP contribution >= 0.6 is 25.3 Å². The minimum atomic E-state index is -1.26. The molecule has 0 unspecified atom stereocenters. The molecule has 0 aromatic heterocycles. The van der Waals surface area contributed by atoms with Gasteiger partial charge in [-0.25, -0.2) is 9.59 Å². The molecule has 6 nitrogen and oxygen atoms in total. The molecule has 0 aromatic carbocycles. The summed E-state index contributed by atoms with van der Waals surface area (Å²) in [4.78, 5) is 28.7. The predicted octanol–water partition coefficient (Wildman–Crippen LogP) is -0.0315. The minimum Gasteiger partial charge on any atom is -0.480 e. The lowest BCUT2D eigenvalue weighted by molar-refractivity contribution is -0.134. The van der Waals surface area contributed by atoms with Crippen LogP contribution in [0.25, 0.3) is 0 Å². The van der Waals surface area contributed by atoms with Crippen molar-refractivity contribution in [2.75, 3.05) is 0 Å². The van der Waals surface area contributed by atoms with E-state index in [-0.39, 0.29) is 0 Å². The summed E-state index contributed by atoms with van der Waals surface area (Å²) in [6.07, 6.45) is 1.12. The summed E-state index contributed by atoms with van der Waals surface area (Å²) in [5, 5.41) is 23.5. The van der Waals surface area contributed by atoms with Crippen LogP contribution in [0.1, 0.15) is 0 Å². The fourth-order valence-corrected chi connectivity index (χ4v) is 0.143. The summed E-state index contributed by atoms with van der Waals surface area (Å²) >= 11 is 6.92. The van der Waals surface area contributed by atoms with Gasteiger partial charge in [-0.1, -0.05) is 0 Å². The third-order valence-corrected chi connectivity index (χ3v) is 1.03. The zero-order valence-corrected chi connectivity index (χ0v) is 8.48. The Morgan fingerprint density at radius 3 is 1.21 bits per heavy atom. The maximum atomic E-state index is 9.55. The van der Waals surface area contributed by atoms with Crippen LogP contribution in [0.5, 0.6) is 0 Å². The highest BCUT2D eigenvalue weighted by atomic mass is 32.2. The maximum Gasteiger partial charge on any atom is 0.328 e. The third kappa shape index (κ3) is 17.1. The van der Waals surface area contributed by atoms with E-state index in [4.69, 9.17) is 15.3 Å². The van der Waals surface area contributed by atoms with Gasteiger partial charge in [0.15, 0.2) is 0 Å². The molecular formula is C6H8O6S2. The van der Waals surface area contributed by atoms with Crippen molar-refractivity contribution in [1.29, 1.82) is 0 Å². The average Bonchev–Trinajstić information content (AvgIpc) is 2.01. The fourth-order valence-electron chi connectivity index (χ4n) is 0.143. The number of thiol groups is 2. The molecule has 0 rings (SSSR count). The van der Waals surface area contributed by atoms with Gasteiger partial charge in [0.1, 0.15) is 4.58 Å². The molecule has 0 aliphatic rings. The van der Waals surface area contributed by atoms with Crippen LogP contribution in [0.15, 0.2) is 12.2 Å². The lowest BCUT2D eigenvalue weighted by Gasteiger charge is -1.87. The van der Waals surface area contributed by atoms with Crippen LogP contribution in [0.2, 0.25) is 0 Å². The van der Waals surface area contributed by atoms with Gasteiger partial charge >= 0.3 is 17.9 Å². The Morgan fingerprint density at radius 2 is 1.14 bits per heavy atom. The summed E-state index contributed by atoms with van der Waals surface area (Å²) in [7, 11) is 0. The van der Waals surface area contributed by atoms with Crippen molar-refractivity contribution in [3.63, 3.8) is 0 Å². The van der Waals surface area contributed by atoms with E-state index in [0.29, 0.717) is 12.2 Å². The molecule has 0 saturated carbocycles. The molecule has 8 heteroatoms. The molecule has 0 saturated heterocycles. The van der Waals surface area contributed by atoms with Crippen LogP contribution in [0.4, 0.5) is 0 Å². The molecule has 0 spiro atoms. The molecule has 0 aliphatic heterocycles. The first-order chi connectivity index (χ1) is 6.27. The van der Waals surface area contributed by atoms with E-state index >= 15 is 0 Å². The van der Waals surface area contributed by atoms with Gasteiger partial charge in [0.05, 0.1) is 0 Å². The van der Waals surface area contributed by atoms with E-state index in [1.807, 2.05) is 0 Å². The zero-order valence-electron chi connectivity index (χ0n) is 6.69. The van der Waals surface area contributed by atoms with Crippen LogP contribution in [-0.2, 0) is 14.4 Å². The lowest BCUT2D eigenvalue weighted by Crippen LogP contribution is -2.04. The number of carboxylic acids is 3. The van der Waals surface area contributed by atoms with Crippen molar-refractivity contribution < 1.29 is 29.7 Å². The molecule has 0 aromatic rings. The largest absolute Gasteiger partial charge is 0.480 e. The van der Waals surface area contributed by atoms with Gasteiger partial charge in [0.2, 0.25) is 0 Å². The van der Waals surface area contributed by atoms with Gasteiger partial charge in [-0.15, -0.1) is 0 Å². The number of aliphatic carboxylic acids is 3. The van der Waals surface area contributed by atoms with Crippen LogP contribution in [0.3, 0.4) is 0 Å². The second kappa shape index (κ2) is 8.45. The number of hydrogen-bond acceptors (Lipinski definition) is 5. The van der Waals surface area contributed by atoms with Gasteiger partial charge in [0.25, 0.3) is 0 Å². The van der Waals surface area contributed by atoms with E-state index < -0.39 is 22.5 Å². The number of hydrogen-bond donors (Lipinski definition) is 5. The van der Waals surface area contributed by atoms with Crippen molar-refractivity contribution in [3.05, 3.63) is 12.2 Å². The highest BCUT2D eigenvalue weighted by molar-refractivity contribution is 8.00. The Morgan fingerprint density at radius 1 is 0.929 bits per heavy atom. The fraction of sp³-hybridized carbons (Fsp3) is 0.167. The van der Waals surface area contributed by atoms with Crippen LogP contribution in [0, 0.1) is 0 Å².